The van der Waals surface area contributed by atoms with Gasteiger partial charge in [0.1, 0.15) is 12.2 Å². The second-order valence-electron chi connectivity index (χ2n) is 5.32. The number of halogens is 1. The van der Waals surface area contributed by atoms with Crippen LogP contribution in [0.5, 0.6) is 0 Å². The maximum absolute atomic E-state index is 13.7. The highest BCUT2D eigenvalue weighted by atomic mass is 19.1. The van der Waals surface area contributed by atoms with Crippen LogP contribution >= 0.6 is 0 Å². The van der Waals surface area contributed by atoms with Crippen molar-refractivity contribution in [2.45, 2.75) is 6.42 Å². The maximum atomic E-state index is 13.7. The zero-order valence-electron chi connectivity index (χ0n) is 13.9. The number of para-hydroxylation sites is 1. The van der Waals surface area contributed by atoms with Crippen LogP contribution < -0.4 is 11.1 Å². The van der Waals surface area contributed by atoms with Crippen LogP contribution in [-0.4, -0.2) is 23.8 Å². The molecule has 0 aliphatic rings. The van der Waals surface area contributed by atoms with Crippen molar-refractivity contribution in [2.75, 3.05) is 5.32 Å². The average Bonchev–Trinajstić information content (AvgIpc) is 2.63. The third-order valence-corrected chi connectivity index (χ3v) is 3.46. The lowest BCUT2D eigenvalue weighted by atomic mass is 10.00. The van der Waals surface area contributed by atoms with Gasteiger partial charge in [0.2, 0.25) is 5.91 Å². The molecule has 0 spiro atoms. The van der Waals surface area contributed by atoms with Gasteiger partial charge in [-0.05, 0) is 29.7 Å². The van der Waals surface area contributed by atoms with Crippen molar-refractivity contribution in [2.24, 2.45) is 10.7 Å². The fourth-order valence-corrected chi connectivity index (χ4v) is 2.22. The second-order valence-corrected chi connectivity index (χ2v) is 5.32. The quantitative estimate of drug-likeness (QED) is 0.349. The van der Waals surface area contributed by atoms with Gasteiger partial charge >= 0.3 is 0 Å². The highest BCUT2D eigenvalue weighted by Crippen LogP contribution is 2.14. The minimum atomic E-state index is -0.589. The van der Waals surface area contributed by atoms with Gasteiger partial charge in [-0.25, -0.2) is 9.38 Å². The van der Waals surface area contributed by atoms with Crippen molar-refractivity contribution in [1.82, 2.24) is 0 Å². The van der Waals surface area contributed by atoms with Gasteiger partial charge in [0, 0.05) is 6.08 Å². The number of aliphatic imine (C=N–C) groups is 1. The smallest absolute Gasteiger partial charge is 0.248 e. The number of hydrogen-bond acceptors (Lipinski definition) is 3. The molecule has 0 unspecified atom stereocenters. The number of nitrogens with one attached hydrogen (secondary N) is 3. The standard InChI is InChI=1S/C19H18FN5O/c20-15-8-4-5-9-16(15)25-17(26)11-14(18(22)19(23)24-12-21)10-13-6-2-1-3-7-13/h1-9,11-12,22H,10H2,(H,25,26)(H3,21,23,24)/b14-11-,22-18?. The molecular weight excluding hydrogens is 333 g/mol. The zero-order chi connectivity index (χ0) is 18.9. The number of carbonyl (C=O) groups excluding carboxylic acids is 1. The van der Waals surface area contributed by atoms with Crippen molar-refractivity contribution < 1.29 is 9.18 Å². The van der Waals surface area contributed by atoms with Crippen LogP contribution in [0.1, 0.15) is 5.56 Å². The Kier molecular flexibility index (Phi) is 6.50. The molecule has 0 aliphatic carbocycles. The number of amides is 1. The van der Waals surface area contributed by atoms with Crippen LogP contribution in [-0.2, 0) is 11.2 Å². The normalized spacial score (nSPS) is 11.7. The van der Waals surface area contributed by atoms with E-state index in [-0.39, 0.29) is 23.7 Å². The first-order valence-electron chi connectivity index (χ1n) is 7.72. The summed E-state index contributed by atoms with van der Waals surface area (Å²) >= 11 is 0. The summed E-state index contributed by atoms with van der Waals surface area (Å²) in [6.07, 6.45) is 2.18. The van der Waals surface area contributed by atoms with E-state index in [2.05, 4.69) is 10.3 Å². The fraction of sp³-hybridized carbons (Fsp3) is 0.0526. The van der Waals surface area contributed by atoms with Crippen molar-refractivity contribution in [3.63, 3.8) is 0 Å². The van der Waals surface area contributed by atoms with E-state index in [9.17, 15) is 9.18 Å². The molecule has 0 saturated carbocycles. The Bertz CT molecular complexity index is 875. The summed E-state index contributed by atoms with van der Waals surface area (Å²) in [4.78, 5) is 15.8. The zero-order valence-corrected chi connectivity index (χ0v) is 13.9. The van der Waals surface area contributed by atoms with Crippen LogP contribution in [0.3, 0.4) is 0 Å². The van der Waals surface area contributed by atoms with Gasteiger partial charge < -0.3 is 11.1 Å². The molecule has 0 saturated heterocycles. The fourth-order valence-electron chi connectivity index (χ4n) is 2.22. The van der Waals surface area contributed by atoms with Crippen LogP contribution in [0.4, 0.5) is 10.1 Å². The third-order valence-electron chi connectivity index (χ3n) is 3.46. The number of nitrogens with zero attached hydrogens (tertiary/aromatic N) is 1. The highest BCUT2D eigenvalue weighted by Gasteiger charge is 2.13. The van der Waals surface area contributed by atoms with Gasteiger partial charge in [0.25, 0.3) is 0 Å². The molecule has 1 amide bonds. The number of anilines is 1. The van der Waals surface area contributed by atoms with E-state index in [1.807, 2.05) is 30.3 Å². The summed E-state index contributed by atoms with van der Waals surface area (Å²) in [7, 11) is 0. The van der Waals surface area contributed by atoms with E-state index in [0.717, 1.165) is 11.9 Å². The number of nitrogens with two attached hydrogens (primary N) is 1. The van der Waals surface area contributed by atoms with Crippen LogP contribution in [0.15, 0.2) is 71.2 Å². The van der Waals surface area contributed by atoms with Crippen molar-refractivity contribution >= 4 is 29.5 Å². The Morgan fingerprint density at radius 3 is 2.46 bits per heavy atom. The molecule has 2 aromatic rings. The third kappa shape index (κ3) is 5.20. The van der Waals surface area contributed by atoms with Gasteiger partial charge in [-0.3, -0.25) is 15.6 Å². The SMILES string of the molecule is N=CN=C(N)C(=N)/C(=C\C(=O)Nc1ccccc1F)Cc1ccccc1. The number of amidine groups is 1. The van der Waals surface area contributed by atoms with Crippen molar-refractivity contribution in [1.29, 1.82) is 10.8 Å². The van der Waals surface area contributed by atoms with Gasteiger partial charge in [-0.1, -0.05) is 42.5 Å². The molecule has 132 valence electrons. The number of benzene rings is 2. The van der Waals surface area contributed by atoms with E-state index < -0.39 is 11.7 Å². The van der Waals surface area contributed by atoms with Gasteiger partial charge in [0.05, 0.1) is 11.4 Å². The highest BCUT2D eigenvalue weighted by molar-refractivity contribution is 6.47. The molecule has 0 aliphatic heterocycles. The molecule has 0 bridgehead atoms. The first kappa shape index (κ1) is 18.7. The van der Waals surface area contributed by atoms with Gasteiger partial charge in [-0.2, -0.15) is 0 Å². The Morgan fingerprint density at radius 1 is 1.15 bits per heavy atom. The van der Waals surface area contributed by atoms with Crippen molar-refractivity contribution in [3.05, 3.63) is 77.6 Å². The number of rotatable bonds is 7. The molecule has 5 N–H and O–H groups in total. The Balaban J connectivity index is 2.29. The van der Waals surface area contributed by atoms with E-state index in [0.29, 0.717) is 5.57 Å². The minimum absolute atomic E-state index is 0.0421. The lowest BCUT2D eigenvalue weighted by Gasteiger charge is -2.10. The van der Waals surface area contributed by atoms with E-state index in [4.69, 9.17) is 16.6 Å². The second kappa shape index (κ2) is 9.03. The Morgan fingerprint density at radius 2 is 1.81 bits per heavy atom. The Hall–Kier alpha value is -3.61. The molecule has 0 fully saturated rings. The summed E-state index contributed by atoms with van der Waals surface area (Å²) in [5.41, 5.74) is 6.72. The molecule has 0 heterocycles. The Labute approximate surface area is 150 Å². The molecule has 2 rings (SSSR count). The van der Waals surface area contributed by atoms with E-state index >= 15 is 0 Å². The van der Waals surface area contributed by atoms with Crippen LogP contribution in [0.25, 0.3) is 0 Å². The predicted octanol–water partition coefficient (Wildman–Crippen LogP) is 2.92. The molecule has 0 radical (unpaired) electrons. The predicted molar refractivity (Wildman–Crippen MR) is 101 cm³/mol. The first-order valence-corrected chi connectivity index (χ1v) is 7.72. The number of hydrogen-bond donors (Lipinski definition) is 4. The number of carbonyl (C=O) groups is 1. The molecule has 0 atom stereocenters. The first-order chi connectivity index (χ1) is 12.5. The molecule has 0 aromatic heterocycles. The topological polar surface area (TPSA) is 115 Å². The van der Waals surface area contributed by atoms with E-state index in [1.165, 1.54) is 24.3 Å². The summed E-state index contributed by atoms with van der Waals surface area (Å²) in [5, 5.41) is 17.6. The van der Waals surface area contributed by atoms with Gasteiger partial charge in [-0.15, -0.1) is 0 Å². The molecule has 6 nitrogen and oxygen atoms in total. The lowest BCUT2D eigenvalue weighted by Crippen LogP contribution is -2.27. The molecule has 26 heavy (non-hydrogen) atoms. The molecule has 2 aromatic carbocycles. The summed E-state index contributed by atoms with van der Waals surface area (Å²) in [5.74, 6) is -1.33. The van der Waals surface area contributed by atoms with Crippen LogP contribution in [0, 0.1) is 16.6 Å². The van der Waals surface area contributed by atoms with Crippen LogP contribution in [0.2, 0.25) is 0 Å². The summed E-state index contributed by atoms with van der Waals surface area (Å²) < 4.78 is 13.7. The molecular formula is C19H18FN5O. The lowest BCUT2D eigenvalue weighted by molar-refractivity contribution is -0.112. The maximum Gasteiger partial charge on any atom is 0.248 e. The van der Waals surface area contributed by atoms with Crippen molar-refractivity contribution in [3.8, 4) is 0 Å². The monoisotopic (exact) mass is 351 g/mol. The van der Waals surface area contributed by atoms with Gasteiger partial charge in [0.15, 0.2) is 5.84 Å². The summed E-state index contributed by atoms with van der Waals surface area (Å²) in [6.45, 7) is 0. The minimum Gasteiger partial charge on any atom is -0.382 e. The molecule has 7 heteroatoms. The average molecular weight is 351 g/mol. The summed E-state index contributed by atoms with van der Waals surface area (Å²) in [6, 6.07) is 15.0. The van der Waals surface area contributed by atoms with E-state index in [1.54, 1.807) is 6.07 Å². The largest absolute Gasteiger partial charge is 0.382 e.